The van der Waals surface area contributed by atoms with E-state index >= 15 is 0 Å². The topological polar surface area (TPSA) is 62.5 Å². The number of carboxylic acids is 1. The Labute approximate surface area is 118 Å². The molecule has 18 heavy (non-hydrogen) atoms. The lowest BCUT2D eigenvalue weighted by atomic mass is 10.2. The van der Waals surface area contributed by atoms with Gasteiger partial charge in [0, 0.05) is 9.26 Å². The van der Waals surface area contributed by atoms with E-state index in [1.54, 1.807) is 13.0 Å². The molecule has 0 saturated heterocycles. The third-order valence-electron chi connectivity index (χ3n) is 2.53. The predicted octanol–water partition coefficient (Wildman–Crippen LogP) is 3.50. The summed E-state index contributed by atoms with van der Waals surface area (Å²) in [5, 5.41) is 12.1. The molecular formula is C13H12INO3. The van der Waals surface area contributed by atoms with Gasteiger partial charge < -0.3 is 14.8 Å². The Kier molecular flexibility index (Phi) is 3.90. The molecule has 0 aliphatic heterocycles. The Hall–Kier alpha value is -1.50. The van der Waals surface area contributed by atoms with Gasteiger partial charge in [-0.3, -0.25) is 0 Å². The van der Waals surface area contributed by atoms with Crippen molar-refractivity contribution in [2.75, 3.05) is 5.32 Å². The van der Waals surface area contributed by atoms with Crippen molar-refractivity contribution >= 4 is 34.2 Å². The molecule has 0 aliphatic carbocycles. The third-order valence-corrected chi connectivity index (χ3v) is 3.47. The van der Waals surface area contributed by atoms with E-state index in [1.807, 2.05) is 24.3 Å². The van der Waals surface area contributed by atoms with E-state index < -0.39 is 5.97 Å². The summed E-state index contributed by atoms with van der Waals surface area (Å²) in [6.45, 7) is 2.12. The molecule has 5 heteroatoms. The largest absolute Gasteiger partial charge is 0.478 e. The Bertz CT molecular complexity index is 577. The number of carbonyl (C=O) groups is 1. The smallest absolute Gasteiger partial charge is 0.339 e. The minimum atomic E-state index is -0.961. The number of nitrogens with one attached hydrogen (secondary N) is 1. The zero-order chi connectivity index (χ0) is 13.1. The highest BCUT2D eigenvalue weighted by Crippen LogP contribution is 2.20. The molecule has 4 nitrogen and oxygen atoms in total. The van der Waals surface area contributed by atoms with Crippen molar-refractivity contribution in [2.45, 2.75) is 13.5 Å². The summed E-state index contributed by atoms with van der Waals surface area (Å²) in [6, 6.07) is 9.43. The first kappa shape index (κ1) is 12.9. The van der Waals surface area contributed by atoms with Crippen molar-refractivity contribution in [2.24, 2.45) is 0 Å². The van der Waals surface area contributed by atoms with Gasteiger partial charge in [-0.25, -0.2) is 4.79 Å². The standard InChI is InChI=1S/C13H12INO3/c1-8-10(13(16)17)6-9(18-8)7-15-12-5-3-2-4-11(12)14/h2-6,15H,7H2,1H3,(H,16,17). The zero-order valence-electron chi connectivity index (χ0n) is 9.74. The van der Waals surface area contributed by atoms with Gasteiger partial charge in [0.1, 0.15) is 17.1 Å². The van der Waals surface area contributed by atoms with Crippen molar-refractivity contribution in [1.29, 1.82) is 0 Å². The number of anilines is 1. The van der Waals surface area contributed by atoms with Crippen LogP contribution in [0.25, 0.3) is 0 Å². The Morgan fingerprint density at radius 2 is 2.17 bits per heavy atom. The second-order valence-electron chi connectivity index (χ2n) is 3.82. The highest BCUT2D eigenvalue weighted by atomic mass is 127. The van der Waals surface area contributed by atoms with Crippen LogP contribution in [0.2, 0.25) is 0 Å². The summed E-state index contributed by atoms with van der Waals surface area (Å²) < 4.78 is 6.50. The summed E-state index contributed by atoms with van der Waals surface area (Å²) in [7, 11) is 0. The van der Waals surface area contributed by atoms with Crippen LogP contribution in [0.5, 0.6) is 0 Å². The van der Waals surface area contributed by atoms with E-state index in [9.17, 15) is 4.79 Å². The molecule has 2 aromatic rings. The molecule has 0 aliphatic rings. The Morgan fingerprint density at radius 1 is 1.44 bits per heavy atom. The molecule has 0 spiro atoms. The maximum absolute atomic E-state index is 10.9. The van der Waals surface area contributed by atoms with Crippen LogP contribution >= 0.6 is 22.6 Å². The first-order valence-electron chi connectivity index (χ1n) is 5.39. The minimum absolute atomic E-state index is 0.217. The highest BCUT2D eigenvalue weighted by Gasteiger charge is 2.13. The van der Waals surface area contributed by atoms with E-state index in [0.717, 1.165) is 9.26 Å². The number of hydrogen-bond acceptors (Lipinski definition) is 3. The average Bonchev–Trinajstić information content (AvgIpc) is 2.70. The van der Waals surface area contributed by atoms with E-state index in [4.69, 9.17) is 9.52 Å². The lowest BCUT2D eigenvalue weighted by Gasteiger charge is -2.06. The molecule has 0 bridgehead atoms. The van der Waals surface area contributed by atoms with Crippen molar-refractivity contribution < 1.29 is 14.3 Å². The lowest BCUT2D eigenvalue weighted by molar-refractivity contribution is 0.0695. The van der Waals surface area contributed by atoms with E-state index in [2.05, 4.69) is 27.9 Å². The number of hydrogen-bond donors (Lipinski definition) is 2. The van der Waals surface area contributed by atoms with E-state index in [-0.39, 0.29) is 5.56 Å². The second-order valence-corrected chi connectivity index (χ2v) is 4.98. The monoisotopic (exact) mass is 357 g/mol. The number of benzene rings is 1. The van der Waals surface area contributed by atoms with Gasteiger partial charge in [-0.05, 0) is 47.7 Å². The first-order chi connectivity index (χ1) is 8.58. The normalized spacial score (nSPS) is 10.3. The van der Waals surface area contributed by atoms with Gasteiger partial charge in [-0.2, -0.15) is 0 Å². The second kappa shape index (κ2) is 5.43. The molecule has 1 aromatic heterocycles. The van der Waals surface area contributed by atoms with Crippen molar-refractivity contribution in [3.63, 3.8) is 0 Å². The van der Waals surface area contributed by atoms with Crippen LogP contribution in [-0.2, 0) is 6.54 Å². The molecule has 1 heterocycles. The third kappa shape index (κ3) is 2.84. The Morgan fingerprint density at radius 3 is 2.78 bits per heavy atom. The van der Waals surface area contributed by atoms with E-state index in [0.29, 0.717) is 18.1 Å². The molecule has 0 unspecified atom stereocenters. The van der Waals surface area contributed by atoms with Crippen LogP contribution in [0.4, 0.5) is 5.69 Å². The van der Waals surface area contributed by atoms with Gasteiger partial charge in [0.2, 0.25) is 0 Å². The maximum Gasteiger partial charge on any atom is 0.339 e. The number of halogens is 1. The van der Waals surface area contributed by atoms with E-state index in [1.165, 1.54) is 0 Å². The molecule has 0 saturated carbocycles. The van der Waals surface area contributed by atoms with Gasteiger partial charge in [0.05, 0.1) is 6.54 Å². The van der Waals surface area contributed by atoms with Crippen molar-refractivity contribution in [3.8, 4) is 0 Å². The maximum atomic E-state index is 10.9. The number of furan rings is 1. The van der Waals surface area contributed by atoms with Gasteiger partial charge >= 0.3 is 5.97 Å². The summed E-state index contributed by atoms with van der Waals surface area (Å²) in [6.07, 6.45) is 0. The van der Waals surface area contributed by atoms with Crippen LogP contribution in [0, 0.1) is 10.5 Å². The van der Waals surface area contributed by atoms with Crippen LogP contribution in [-0.4, -0.2) is 11.1 Å². The molecule has 2 rings (SSSR count). The van der Waals surface area contributed by atoms with Crippen molar-refractivity contribution in [1.82, 2.24) is 0 Å². The highest BCUT2D eigenvalue weighted by molar-refractivity contribution is 14.1. The van der Waals surface area contributed by atoms with Crippen LogP contribution in [0.1, 0.15) is 21.9 Å². The fourth-order valence-electron chi connectivity index (χ4n) is 1.63. The summed E-state index contributed by atoms with van der Waals surface area (Å²) in [4.78, 5) is 10.9. The van der Waals surface area contributed by atoms with Crippen LogP contribution < -0.4 is 5.32 Å². The fraction of sp³-hybridized carbons (Fsp3) is 0.154. The Balaban J connectivity index is 2.09. The summed E-state index contributed by atoms with van der Waals surface area (Å²) in [5.74, 6) is 0.0865. The van der Waals surface area contributed by atoms with Crippen LogP contribution in [0.3, 0.4) is 0 Å². The average molecular weight is 357 g/mol. The fourth-order valence-corrected chi connectivity index (χ4v) is 2.21. The van der Waals surface area contributed by atoms with Gasteiger partial charge in [-0.1, -0.05) is 12.1 Å². The predicted molar refractivity (Wildman–Crippen MR) is 76.9 cm³/mol. The summed E-state index contributed by atoms with van der Waals surface area (Å²) >= 11 is 2.24. The van der Waals surface area contributed by atoms with Gasteiger partial charge in [0.25, 0.3) is 0 Å². The number of carboxylic acid groups (broad SMARTS) is 1. The molecule has 0 amide bonds. The SMILES string of the molecule is Cc1oc(CNc2ccccc2I)cc1C(=O)O. The van der Waals surface area contributed by atoms with Gasteiger partial charge in [0.15, 0.2) is 0 Å². The summed E-state index contributed by atoms with van der Waals surface area (Å²) in [5.41, 5.74) is 1.22. The number of rotatable bonds is 4. The molecule has 0 radical (unpaired) electrons. The lowest BCUT2D eigenvalue weighted by Crippen LogP contribution is -2.00. The number of para-hydroxylation sites is 1. The molecule has 0 fully saturated rings. The molecular weight excluding hydrogens is 345 g/mol. The number of aromatic carboxylic acids is 1. The van der Waals surface area contributed by atoms with Crippen LogP contribution in [0.15, 0.2) is 34.7 Å². The molecule has 0 atom stereocenters. The molecule has 2 N–H and O–H groups in total. The zero-order valence-corrected chi connectivity index (χ0v) is 11.9. The van der Waals surface area contributed by atoms with Crippen molar-refractivity contribution in [3.05, 3.63) is 51.0 Å². The number of aryl methyl sites for hydroxylation is 1. The first-order valence-corrected chi connectivity index (χ1v) is 6.47. The minimum Gasteiger partial charge on any atom is -0.478 e. The molecule has 94 valence electrons. The van der Waals surface area contributed by atoms with Gasteiger partial charge in [-0.15, -0.1) is 0 Å². The quantitative estimate of drug-likeness (QED) is 0.823. The molecule has 1 aromatic carbocycles.